The van der Waals surface area contributed by atoms with Crippen LogP contribution in [-0.2, 0) is 0 Å². The Bertz CT molecular complexity index is 1120. The van der Waals surface area contributed by atoms with E-state index < -0.39 is 22.5 Å². The number of hydrogen-bond donors (Lipinski definition) is 1. The minimum atomic E-state index is -0.713. The van der Waals surface area contributed by atoms with Crippen LogP contribution in [0.25, 0.3) is 0 Å². The van der Waals surface area contributed by atoms with Gasteiger partial charge in [-0.1, -0.05) is 29.8 Å². The van der Waals surface area contributed by atoms with Gasteiger partial charge in [0.25, 0.3) is 5.91 Å². The van der Waals surface area contributed by atoms with E-state index in [2.05, 4.69) is 10.5 Å². The van der Waals surface area contributed by atoms with Crippen molar-refractivity contribution in [3.8, 4) is 5.75 Å². The lowest BCUT2D eigenvalue weighted by Gasteiger charge is -2.06. The standard InChI is InChI=1S/C21H14ClN3O5/c22-17-9-7-15(8-10-17)20(26)24-23-13-14-6-11-19(18(12-14)25(28)29)30-21(27)16-4-2-1-3-5-16/h1-13H,(H,24,26)/b23-13+. The van der Waals surface area contributed by atoms with Gasteiger partial charge in [-0.2, -0.15) is 5.10 Å². The highest BCUT2D eigenvalue weighted by Gasteiger charge is 2.19. The van der Waals surface area contributed by atoms with Crippen molar-refractivity contribution >= 4 is 35.4 Å². The predicted molar refractivity (Wildman–Crippen MR) is 111 cm³/mol. The summed E-state index contributed by atoms with van der Waals surface area (Å²) in [5, 5.41) is 15.7. The van der Waals surface area contributed by atoms with Crippen LogP contribution in [0.15, 0.2) is 77.9 Å². The van der Waals surface area contributed by atoms with E-state index in [1.165, 1.54) is 36.5 Å². The molecule has 0 aliphatic heterocycles. The first-order chi connectivity index (χ1) is 14.4. The van der Waals surface area contributed by atoms with Crippen LogP contribution in [0.4, 0.5) is 5.69 Å². The van der Waals surface area contributed by atoms with E-state index in [1.54, 1.807) is 42.5 Å². The summed E-state index contributed by atoms with van der Waals surface area (Å²) in [6.45, 7) is 0. The lowest BCUT2D eigenvalue weighted by Crippen LogP contribution is -2.17. The third-order valence-corrected chi connectivity index (χ3v) is 4.13. The lowest BCUT2D eigenvalue weighted by molar-refractivity contribution is -0.385. The molecule has 0 saturated carbocycles. The molecule has 0 heterocycles. The summed E-state index contributed by atoms with van der Waals surface area (Å²) in [6.07, 6.45) is 1.24. The molecule has 0 atom stereocenters. The van der Waals surface area contributed by atoms with Gasteiger partial charge in [0.05, 0.1) is 16.7 Å². The number of carbonyl (C=O) groups is 2. The second-order valence-corrected chi connectivity index (χ2v) is 6.38. The fraction of sp³-hybridized carbons (Fsp3) is 0. The summed E-state index contributed by atoms with van der Waals surface area (Å²) < 4.78 is 5.15. The number of amides is 1. The second-order valence-electron chi connectivity index (χ2n) is 5.95. The molecule has 3 aromatic carbocycles. The lowest BCUT2D eigenvalue weighted by atomic mass is 10.2. The molecule has 3 aromatic rings. The van der Waals surface area contributed by atoms with Gasteiger partial charge in [0.15, 0.2) is 0 Å². The average Bonchev–Trinajstić information content (AvgIpc) is 2.75. The molecule has 1 amide bonds. The first kappa shape index (κ1) is 20.7. The summed E-state index contributed by atoms with van der Waals surface area (Å²) >= 11 is 5.77. The van der Waals surface area contributed by atoms with E-state index in [0.717, 1.165) is 0 Å². The number of rotatable bonds is 6. The van der Waals surface area contributed by atoms with Crippen LogP contribution in [-0.4, -0.2) is 23.0 Å². The highest BCUT2D eigenvalue weighted by Crippen LogP contribution is 2.28. The monoisotopic (exact) mass is 423 g/mol. The van der Waals surface area contributed by atoms with Gasteiger partial charge in [0, 0.05) is 22.2 Å². The maximum Gasteiger partial charge on any atom is 0.343 e. The molecule has 0 spiro atoms. The van der Waals surface area contributed by atoms with E-state index in [4.69, 9.17) is 16.3 Å². The summed E-state index contributed by atoms with van der Waals surface area (Å²) in [5.41, 5.74) is 2.86. The molecule has 0 saturated heterocycles. The normalized spacial score (nSPS) is 10.6. The van der Waals surface area contributed by atoms with Crippen molar-refractivity contribution < 1.29 is 19.2 Å². The second kappa shape index (κ2) is 9.44. The number of ether oxygens (including phenoxy) is 1. The third kappa shape index (κ3) is 5.27. The highest BCUT2D eigenvalue weighted by atomic mass is 35.5. The molecular weight excluding hydrogens is 410 g/mol. The van der Waals surface area contributed by atoms with Gasteiger partial charge >= 0.3 is 11.7 Å². The SMILES string of the molecule is O=C(N/N=C/c1ccc(OC(=O)c2ccccc2)c([N+](=O)[O-])c1)c1ccc(Cl)cc1. The highest BCUT2D eigenvalue weighted by molar-refractivity contribution is 6.30. The van der Waals surface area contributed by atoms with Gasteiger partial charge in [-0.3, -0.25) is 14.9 Å². The zero-order valence-electron chi connectivity index (χ0n) is 15.3. The molecule has 9 heteroatoms. The van der Waals surface area contributed by atoms with E-state index >= 15 is 0 Å². The van der Waals surface area contributed by atoms with Gasteiger partial charge in [0.2, 0.25) is 5.75 Å². The van der Waals surface area contributed by atoms with Crippen LogP contribution in [0.5, 0.6) is 5.75 Å². The number of hydrogen-bond acceptors (Lipinski definition) is 6. The van der Waals surface area contributed by atoms with Crippen LogP contribution in [0, 0.1) is 10.1 Å². The molecular formula is C21H14ClN3O5. The number of benzene rings is 3. The van der Waals surface area contributed by atoms with Gasteiger partial charge in [-0.25, -0.2) is 10.2 Å². The maximum atomic E-state index is 12.1. The number of esters is 1. The first-order valence-electron chi connectivity index (χ1n) is 8.58. The minimum Gasteiger partial charge on any atom is -0.416 e. The molecule has 150 valence electrons. The Balaban J connectivity index is 1.72. The number of nitrogens with one attached hydrogen (secondary N) is 1. The van der Waals surface area contributed by atoms with Crippen molar-refractivity contribution in [3.63, 3.8) is 0 Å². The molecule has 0 aliphatic carbocycles. The summed E-state index contributed by atoms with van der Waals surface area (Å²) in [5.74, 6) is -1.38. The fourth-order valence-corrected chi connectivity index (χ4v) is 2.53. The Hall–Kier alpha value is -4.04. The molecule has 0 aromatic heterocycles. The Labute approximate surface area is 175 Å². The number of halogens is 1. The topological polar surface area (TPSA) is 111 Å². The molecule has 8 nitrogen and oxygen atoms in total. The van der Waals surface area contributed by atoms with Crippen LogP contribution in [0.1, 0.15) is 26.3 Å². The predicted octanol–water partition coefficient (Wildman–Crippen LogP) is 4.23. The molecule has 0 fully saturated rings. The molecule has 0 unspecified atom stereocenters. The number of nitro benzene ring substituents is 1. The number of hydrazone groups is 1. The van der Waals surface area contributed by atoms with E-state index in [9.17, 15) is 19.7 Å². The van der Waals surface area contributed by atoms with Crippen molar-refractivity contribution in [1.29, 1.82) is 0 Å². The average molecular weight is 424 g/mol. The third-order valence-electron chi connectivity index (χ3n) is 3.88. The van der Waals surface area contributed by atoms with Crippen LogP contribution < -0.4 is 10.2 Å². The molecule has 3 rings (SSSR count). The van der Waals surface area contributed by atoms with E-state index in [1.807, 2.05) is 0 Å². The summed E-state index contributed by atoms with van der Waals surface area (Å²) in [4.78, 5) is 34.9. The maximum absolute atomic E-state index is 12.1. The fourth-order valence-electron chi connectivity index (χ4n) is 2.41. The molecule has 30 heavy (non-hydrogen) atoms. The number of nitro groups is 1. The van der Waals surface area contributed by atoms with Crippen molar-refractivity contribution in [2.75, 3.05) is 0 Å². The van der Waals surface area contributed by atoms with Crippen molar-refractivity contribution in [2.45, 2.75) is 0 Å². The van der Waals surface area contributed by atoms with E-state index in [-0.39, 0.29) is 11.3 Å². The zero-order chi connectivity index (χ0) is 21.5. The van der Waals surface area contributed by atoms with Gasteiger partial charge in [0.1, 0.15) is 0 Å². The Kier molecular flexibility index (Phi) is 6.51. The quantitative estimate of drug-likeness (QED) is 0.210. The van der Waals surface area contributed by atoms with Crippen molar-refractivity contribution in [2.24, 2.45) is 5.10 Å². The molecule has 0 aliphatic rings. The van der Waals surface area contributed by atoms with Crippen LogP contribution in [0.2, 0.25) is 5.02 Å². The first-order valence-corrected chi connectivity index (χ1v) is 8.96. The van der Waals surface area contributed by atoms with Gasteiger partial charge < -0.3 is 4.74 Å². The smallest absolute Gasteiger partial charge is 0.343 e. The Morgan fingerprint density at radius 1 is 1.00 bits per heavy atom. The van der Waals surface area contributed by atoms with Crippen LogP contribution in [0.3, 0.4) is 0 Å². The summed E-state index contributed by atoms with van der Waals surface area (Å²) in [7, 11) is 0. The summed E-state index contributed by atoms with van der Waals surface area (Å²) in [6, 6.07) is 18.3. The molecule has 0 bridgehead atoms. The van der Waals surface area contributed by atoms with Crippen molar-refractivity contribution in [3.05, 3.63) is 105 Å². The van der Waals surface area contributed by atoms with Crippen molar-refractivity contribution in [1.82, 2.24) is 5.43 Å². The van der Waals surface area contributed by atoms with Gasteiger partial charge in [-0.15, -0.1) is 0 Å². The van der Waals surface area contributed by atoms with Crippen LogP contribution >= 0.6 is 11.6 Å². The minimum absolute atomic E-state index is 0.198. The molecule has 0 radical (unpaired) electrons. The number of nitrogens with zero attached hydrogens (tertiary/aromatic N) is 2. The Morgan fingerprint density at radius 2 is 1.70 bits per heavy atom. The zero-order valence-corrected chi connectivity index (χ0v) is 16.1. The number of carbonyl (C=O) groups excluding carboxylic acids is 2. The van der Waals surface area contributed by atoms with E-state index in [0.29, 0.717) is 16.1 Å². The largest absolute Gasteiger partial charge is 0.416 e. The van der Waals surface area contributed by atoms with Gasteiger partial charge in [-0.05, 0) is 48.5 Å². The molecule has 1 N–H and O–H groups in total. The Morgan fingerprint density at radius 3 is 2.37 bits per heavy atom.